The largest absolute Gasteiger partial charge is 0.338 e. The number of sulfonamides is 1. The molecule has 0 atom stereocenters. The lowest BCUT2D eigenvalue weighted by molar-refractivity contribution is -0.485. The lowest BCUT2D eigenvalue weighted by Crippen LogP contribution is -2.38. The van der Waals surface area contributed by atoms with Crippen molar-refractivity contribution in [2.75, 3.05) is 18.0 Å². The van der Waals surface area contributed by atoms with Crippen molar-refractivity contribution in [2.45, 2.75) is 18.7 Å². The van der Waals surface area contributed by atoms with Crippen molar-refractivity contribution in [2.24, 2.45) is 5.10 Å². The first-order chi connectivity index (χ1) is 13.1. The van der Waals surface area contributed by atoms with Crippen LogP contribution in [0.5, 0.6) is 0 Å². The third kappa shape index (κ3) is 3.36. The van der Waals surface area contributed by atoms with E-state index in [9.17, 15) is 28.6 Å². The van der Waals surface area contributed by atoms with Crippen LogP contribution < -0.4 is 4.90 Å². The summed E-state index contributed by atoms with van der Waals surface area (Å²) >= 11 is 0. The van der Waals surface area contributed by atoms with E-state index in [0.717, 1.165) is 10.4 Å². The van der Waals surface area contributed by atoms with Crippen LogP contribution in [0.15, 0.2) is 38.8 Å². The number of aromatic nitrogens is 1. The number of nitrogens with zero attached hydrogens (tertiary/aromatic N) is 6. The number of anilines is 1. The molecule has 1 fully saturated rings. The summed E-state index contributed by atoms with van der Waals surface area (Å²) in [6.45, 7) is 2.95. The Labute approximate surface area is 158 Å². The normalized spacial score (nSPS) is 16.0. The number of non-ortho nitro benzene ring substituents is 1. The molecule has 1 aromatic heterocycles. The van der Waals surface area contributed by atoms with Crippen LogP contribution in [0.2, 0.25) is 0 Å². The van der Waals surface area contributed by atoms with E-state index >= 15 is 0 Å². The molecule has 0 radical (unpaired) electrons. The summed E-state index contributed by atoms with van der Waals surface area (Å²) in [5, 5.41) is 27.9. The SMILES string of the molecule is Cc1cc(N2CCN(S(=O)(=O)c3cc([N+](=O)[O-])ccc3C)/C2=N\[N+](=O)[O-])on1. The lowest BCUT2D eigenvalue weighted by atomic mass is 10.2. The number of guanidine groups is 1. The zero-order chi connectivity index (χ0) is 20.6. The van der Waals surface area contributed by atoms with Gasteiger partial charge in [-0.2, -0.15) is 0 Å². The maximum atomic E-state index is 13.1. The van der Waals surface area contributed by atoms with E-state index in [-0.39, 0.29) is 29.4 Å². The highest BCUT2D eigenvalue weighted by atomic mass is 32.2. The molecule has 0 spiro atoms. The minimum atomic E-state index is -4.36. The Morgan fingerprint density at radius 1 is 1.18 bits per heavy atom. The number of rotatable bonds is 5. The molecule has 1 aromatic carbocycles. The second kappa shape index (κ2) is 6.88. The third-order valence-corrected chi connectivity index (χ3v) is 5.92. The van der Waals surface area contributed by atoms with Gasteiger partial charge in [0.25, 0.3) is 21.7 Å². The Bertz CT molecular complexity index is 1090. The van der Waals surface area contributed by atoms with E-state index in [4.69, 9.17) is 4.52 Å². The van der Waals surface area contributed by atoms with Gasteiger partial charge in [0, 0.05) is 24.7 Å². The van der Waals surface area contributed by atoms with Crippen molar-refractivity contribution < 1.29 is 22.9 Å². The van der Waals surface area contributed by atoms with Crippen molar-refractivity contribution in [1.29, 1.82) is 0 Å². The Kier molecular flexibility index (Phi) is 4.72. The molecular formula is C14H14N6O7S. The molecule has 1 saturated heterocycles. The lowest BCUT2D eigenvalue weighted by Gasteiger charge is -2.19. The van der Waals surface area contributed by atoms with Gasteiger partial charge in [-0.25, -0.2) is 22.8 Å². The van der Waals surface area contributed by atoms with Crippen molar-refractivity contribution in [3.8, 4) is 0 Å². The maximum Gasteiger partial charge on any atom is 0.294 e. The molecule has 14 heteroatoms. The van der Waals surface area contributed by atoms with Gasteiger partial charge in [0.05, 0.1) is 22.1 Å². The molecule has 0 aliphatic carbocycles. The summed E-state index contributed by atoms with van der Waals surface area (Å²) in [4.78, 5) is 22.1. The third-order valence-electron chi connectivity index (χ3n) is 3.99. The molecule has 1 aliphatic rings. The van der Waals surface area contributed by atoms with Crippen LogP contribution in [0.1, 0.15) is 11.3 Å². The van der Waals surface area contributed by atoms with Crippen LogP contribution in [0.4, 0.5) is 11.6 Å². The quantitative estimate of drug-likeness (QED) is 0.521. The average molecular weight is 410 g/mol. The predicted molar refractivity (Wildman–Crippen MR) is 94.7 cm³/mol. The average Bonchev–Trinajstić information content (AvgIpc) is 3.20. The van der Waals surface area contributed by atoms with E-state index in [1.165, 1.54) is 30.0 Å². The monoisotopic (exact) mass is 410 g/mol. The van der Waals surface area contributed by atoms with Crippen molar-refractivity contribution in [1.82, 2.24) is 9.46 Å². The molecule has 0 saturated carbocycles. The van der Waals surface area contributed by atoms with Crippen molar-refractivity contribution in [3.05, 3.63) is 55.8 Å². The van der Waals surface area contributed by atoms with Gasteiger partial charge in [-0.05, 0) is 19.4 Å². The summed E-state index contributed by atoms with van der Waals surface area (Å²) in [6, 6.07) is 4.86. The number of aryl methyl sites for hydroxylation is 2. The summed E-state index contributed by atoms with van der Waals surface area (Å²) in [5.74, 6) is -0.404. The molecule has 2 heterocycles. The van der Waals surface area contributed by atoms with Gasteiger partial charge in [-0.3, -0.25) is 15.0 Å². The highest BCUT2D eigenvalue weighted by molar-refractivity contribution is 7.89. The molecule has 0 bridgehead atoms. The van der Waals surface area contributed by atoms with E-state index in [0.29, 0.717) is 5.69 Å². The Hall–Kier alpha value is -3.55. The first-order valence-electron chi connectivity index (χ1n) is 7.83. The molecule has 2 aromatic rings. The summed E-state index contributed by atoms with van der Waals surface area (Å²) in [7, 11) is -4.36. The standard InChI is InChI=1S/C14H14N6O7S/c1-9-3-4-11(19(21)22)8-12(9)28(25,26)18-6-5-17(14(18)15-20(23)24)13-7-10(2)16-27-13/h3-4,7-8H,5-6H2,1-2H3/b15-14-. The molecule has 0 unspecified atom stereocenters. The first-order valence-corrected chi connectivity index (χ1v) is 9.27. The minimum Gasteiger partial charge on any atom is -0.338 e. The van der Waals surface area contributed by atoms with Crippen LogP contribution in [0.25, 0.3) is 0 Å². The molecule has 0 amide bonds. The highest BCUT2D eigenvalue weighted by Gasteiger charge is 2.41. The molecule has 1 aliphatic heterocycles. The van der Waals surface area contributed by atoms with E-state index in [1.54, 1.807) is 6.92 Å². The number of hydrogen-bond donors (Lipinski definition) is 0. The zero-order valence-corrected chi connectivity index (χ0v) is 15.5. The van der Waals surface area contributed by atoms with Crippen LogP contribution in [-0.4, -0.2) is 46.9 Å². The second-order valence-electron chi connectivity index (χ2n) is 5.88. The van der Waals surface area contributed by atoms with Crippen LogP contribution in [0.3, 0.4) is 0 Å². The van der Waals surface area contributed by atoms with Crippen LogP contribution >= 0.6 is 0 Å². The van der Waals surface area contributed by atoms with Crippen molar-refractivity contribution in [3.63, 3.8) is 0 Å². The van der Waals surface area contributed by atoms with Gasteiger partial charge >= 0.3 is 0 Å². The van der Waals surface area contributed by atoms with Crippen molar-refractivity contribution >= 4 is 27.6 Å². The Morgan fingerprint density at radius 3 is 2.46 bits per heavy atom. The molecule has 3 rings (SSSR count). The summed E-state index contributed by atoms with van der Waals surface area (Å²) in [5.41, 5.74) is 0.324. The van der Waals surface area contributed by atoms with Gasteiger partial charge in [0.2, 0.25) is 5.88 Å². The fourth-order valence-electron chi connectivity index (χ4n) is 2.72. The Balaban J connectivity index is 2.10. The van der Waals surface area contributed by atoms with E-state index in [1.807, 2.05) is 0 Å². The zero-order valence-electron chi connectivity index (χ0n) is 14.7. The fourth-order valence-corrected chi connectivity index (χ4v) is 4.37. The van der Waals surface area contributed by atoms with Gasteiger partial charge < -0.3 is 4.52 Å². The molecule has 0 N–H and O–H groups in total. The van der Waals surface area contributed by atoms with E-state index < -0.39 is 31.6 Å². The minimum absolute atomic E-state index is 0.0223. The Morgan fingerprint density at radius 2 is 1.89 bits per heavy atom. The topological polar surface area (TPSA) is 165 Å². The second-order valence-corrected chi connectivity index (χ2v) is 7.71. The molecular weight excluding hydrogens is 396 g/mol. The fraction of sp³-hybridized carbons (Fsp3) is 0.286. The van der Waals surface area contributed by atoms with Crippen LogP contribution in [-0.2, 0) is 10.0 Å². The number of nitro benzene ring substituents is 1. The summed E-state index contributed by atoms with van der Waals surface area (Å²) in [6.07, 6.45) is 0. The summed E-state index contributed by atoms with van der Waals surface area (Å²) < 4.78 is 32.0. The first kappa shape index (κ1) is 19.2. The predicted octanol–water partition coefficient (Wildman–Crippen LogP) is 1.26. The maximum absolute atomic E-state index is 13.1. The van der Waals surface area contributed by atoms with Crippen LogP contribution in [0, 0.1) is 34.1 Å². The number of nitro groups is 2. The number of hydrazone groups is 1. The van der Waals surface area contributed by atoms with E-state index in [2.05, 4.69) is 10.3 Å². The molecule has 28 heavy (non-hydrogen) atoms. The smallest absolute Gasteiger partial charge is 0.294 e. The van der Waals surface area contributed by atoms with Gasteiger partial charge in [0.15, 0.2) is 5.03 Å². The molecule has 13 nitrogen and oxygen atoms in total. The highest BCUT2D eigenvalue weighted by Crippen LogP contribution is 2.29. The van der Waals surface area contributed by atoms with Gasteiger partial charge in [-0.15, -0.1) is 0 Å². The van der Waals surface area contributed by atoms with Gasteiger partial charge in [0.1, 0.15) is 5.10 Å². The molecule has 148 valence electrons. The van der Waals surface area contributed by atoms with Gasteiger partial charge in [-0.1, -0.05) is 11.2 Å². The number of hydrogen-bond acceptors (Lipinski definition) is 8. The number of benzene rings is 1.